The first-order valence-corrected chi connectivity index (χ1v) is 8.31. The van der Waals surface area contributed by atoms with Gasteiger partial charge in [-0.05, 0) is 48.9 Å². The van der Waals surface area contributed by atoms with Crippen LogP contribution in [0.1, 0.15) is 51.9 Å². The smallest absolute Gasteiger partial charge is 0.159 e. The largest absolute Gasteiger partial charge is 0.501 e. The fourth-order valence-corrected chi connectivity index (χ4v) is 6.40. The van der Waals surface area contributed by atoms with Crippen LogP contribution in [0.25, 0.3) is 0 Å². The normalized spacial score (nSPS) is 48.5. The van der Waals surface area contributed by atoms with Crippen molar-refractivity contribution in [1.82, 2.24) is 0 Å². The highest BCUT2D eigenvalue weighted by Crippen LogP contribution is 2.71. The molecule has 3 fully saturated rings. The van der Waals surface area contributed by atoms with E-state index in [4.69, 9.17) is 4.74 Å². The van der Waals surface area contributed by atoms with Crippen LogP contribution in [0.4, 0.5) is 0 Å². The van der Waals surface area contributed by atoms with Crippen LogP contribution in [-0.4, -0.2) is 18.7 Å². The van der Waals surface area contributed by atoms with Crippen LogP contribution in [0, 0.1) is 28.6 Å². The lowest BCUT2D eigenvalue weighted by Gasteiger charge is -2.59. The molecule has 3 nitrogen and oxygen atoms in total. The molecule has 1 unspecified atom stereocenters. The van der Waals surface area contributed by atoms with Gasteiger partial charge in [-0.2, -0.15) is 0 Å². The first kappa shape index (κ1) is 13.5. The number of carbonyl (C=O) groups excluding carboxylic acids is 2. The Kier molecular flexibility index (Phi) is 2.71. The van der Waals surface area contributed by atoms with Crippen molar-refractivity contribution in [3.05, 3.63) is 11.8 Å². The van der Waals surface area contributed by atoms with E-state index in [0.717, 1.165) is 37.9 Å². The van der Waals surface area contributed by atoms with Gasteiger partial charge in [-0.25, -0.2) is 0 Å². The second-order valence-corrected chi connectivity index (χ2v) is 7.90. The maximum absolute atomic E-state index is 12.3. The van der Waals surface area contributed by atoms with Gasteiger partial charge in [0, 0.05) is 30.8 Å². The first-order valence-electron chi connectivity index (χ1n) is 8.31. The summed E-state index contributed by atoms with van der Waals surface area (Å²) >= 11 is 0. The van der Waals surface area contributed by atoms with Gasteiger partial charge in [-0.3, -0.25) is 9.59 Å². The number of allylic oxidation sites excluding steroid dienone is 2. The molecular weight excluding hydrogens is 264 g/mol. The molecule has 3 saturated carbocycles. The van der Waals surface area contributed by atoms with Crippen LogP contribution in [0.2, 0.25) is 0 Å². The Balaban J connectivity index is 1.81. The standard InChI is InChI=1S/C18H24O3/c1-17-10-13(19)8-16(21-2)14(17)4-3-12-7-11-9-18(12,17)6-5-15(11)20/h8,11-12,14H,3-7,9-10H2,1-2H3/t11?,12-,14-,17-,18+/m0/s1. The average Bonchev–Trinajstić information content (AvgIpc) is 2.78. The van der Waals surface area contributed by atoms with Crippen molar-refractivity contribution in [3.8, 4) is 0 Å². The third-order valence-electron chi connectivity index (χ3n) is 7.37. The van der Waals surface area contributed by atoms with Gasteiger partial charge in [-0.15, -0.1) is 0 Å². The van der Waals surface area contributed by atoms with Crippen LogP contribution in [0.15, 0.2) is 11.8 Å². The van der Waals surface area contributed by atoms with E-state index < -0.39 is 0 Å². The summed E-state index contributed by atoms with van der Waals surface area (Å²) in [6, 6.07) is 0. The quantitative estimate of drug-likeness (QED) is 0.743. The number of rotatable bonds is 1. The molecule has 0 aromatic heterocycles. The van der Waals surface area contributed by atoms with E-state index in [2.05, 4.69) is 6.92 Å². The first-order chi connectivity index (χ1) is 10.00. The topological polar surface area (TPSA) is 43.4 Å². The zero-order valence-electron chi connectivity index (χ0n) is 13.0. The highest BCUT2D eigenvalue weighted by molar-refractivity contribution is 5.92. The number of ether oxygens (including phenoxy) is 1. The zero-order chi connectivity index (χ0) is 14.8. The molecule has 0 N–H and O–H groups in total. The van der Waals surface area contributed by atoms with Gasteiger partial charge in [0.05, 0.1) is 7.11 Å². The van der Waals surface area contributed by atoms with Crippen LogP contribution >= 0.6 is 0 Å². The Hall–Kier alpha value is -1.12. The van der Waals surface area contributed by atoms with E-state index in [1.165, 1.54) is 6.42 Å². The zero-order valence-corrected chi connectivity index (χ0v) is 13.0. The van der Waals surface area contributed by atoms with Crippen LogP contribution in [0.5, 0.6) is 0 Å². The minimum atomic E-state index is -0.0114. The van der Waals surface area contributed by atoms with E-state index in [1.807, 2.05) is 0 Å². The maximum atomic E-state index is 12.3. The molecule has 5 atom stereocenters. The van der Waals surface area contributed by atoms with Gasteiger partial charge in [0.2, 0.25) is 0 Å². The lowest BCUT2D eigenvalue weighted by molar-refractivity contribution is -0.141. The van der Waals surface area contributed by atoms with E-state index in [-0.39, 0.29) is 22.5 Å². The highest BCUT2D eigenvalue weighted by Gasteiger charge is 2.66. The van der Waals surface area contributed by atoms with E-state index in [1.54, 1.807) is 13.2 Å². The number of hydrogen-bond acceptors (Lipinski definition) is 3. The number of methoxy groups -OCH3 is 1. The van der Waals surface area contributed by atoms with Crippen molar-refractivity contribution >= 4 is 11.6 Å². The molecule has 0 radical (unpaired) electrons. The molecule has 0 aliphatic heterocycles. The third kappa shape index (κ3) is 1.55. The van der Waals surface area contributed by atoms with Gasteiger partial charge in [-0.1, -0.05) is 6.92 Å². The fourth-order valence-electron chi connectivity index (χ4n) is 6.40. The number of Topliss-reactive ketones (excluding diaryl/α,β-unsaturated/α-hetero) is 1. The molecule has 4 aliphatic carbocycles. The summed E-state index contributed by atoms with van der Waals surface area (Å²) in [5, 5.41) is 0. The molecule has 0 aromatic rings. The molecule has 0 heterocycles. The average molecular weight is 288 g/mol. The van der Waals surface area contributed by atoms with Crippen molar-refractivity contribution in [2.45, 2.75) is 51.9 Å². The minimum absolute atomic E-state index is 0.0114. The van der Waals surface area contributed by atoms with Crippen molar-refractivity contribution in [3.63, 3.8) is 0 Å². The van der Waals surface area contributed by atoms with E-state index in [0.29, 0.717) is 24.0 Å². The lowest BCUT2D eigenvalue weighted by Crippen LogP contribution is -2.54. The molecular formula is C18H24O3. The summed E-state index contributed by atoms with van der Waals surface area (Å²) in [5.74, 6) is 2.84. The summed E-state index contributed by atoms with van der Waals surface area (Å²) in [7, 11) is 1.69. The Bertz CT molecular complexity index is 549. The van der Waals surface area contributed by atoms with Gasteiger partial charge in [0.25, 0.3) is 0 Å². The van der Waals surface area contributed by atoms with Crippen molar-refractivity contribution < 1.29 is 14.3 Å². The predicted molar refractivity (Wildman–Crippen MR) is 78.4 cm³/mol. The number of hydrogen-bond donors (Lipinski definition) is 0. The Morgan fingerprint density at radius 1 is 1.29 bits per heavy atom. The van der Waals surface area contributed by atoms with Gasteiger partial charge in [0.15, 0.2) is 5.78 Å². The van der Waals surface area contributed by atoms with E-state index in [9.17, 15) is 9.59 Å². The summed E-state index contributed by atoms with van der Waals surface area (Å²) in [4.78, 5) is 24.4. The second kappa shape index (κ2) is 4.21. The van der Waals surface area contributed by atoms with Gasteiger partial charge < -0.3 is 4.74 Å². The third-order valence-corrected chi connectivity index (χ3v) is 7.37. The van der Waals surface area contributed by atoms with Gasteiger partial charge in [0.1, 0.15) is 11.5 Å². The van der Waals surface area contributed by atoms with Crippen LogP contribution < -0.4 is 0 Å². The summed E-state index contributed by atoms with van der Waals surface area (Å²) in [6.45, 7) is 2.31. The summed E-state index contributed by atoms with van der Waals surface area (Å²) in [6.07, 6.45) is 8.48. The molecule has 4 rings (SSSR count). The van der Waals surface area contributed by atoms with Gasteiger partial charge >= 0.3 is 0 Å². The highest BCUT2D eigenvalue weighted by atomic mass is 16.5. The minimum Gasteiger partial charge on any atom is -0.501 e. The Labute approximate surface area is 126 Å². The molecule has 3 heteroatoms. The Morgan fingerprint density at radius 3 is 2.86 bits per heavy atom. The molecule has 0 aromatic carbocycles. The van der Waals surface area contributed by atoms with Crippen molar-refractivity contribution in [1.29, 1.82) is 0 Å². The molecule has 4 aliphatic rings. The molecule has 2 bridgehead atoms. The number of carbonyl (C=O) groups is 2. The fraction of sp³-hybridized carbons (Fsp3) is 0.778. The lowest BCUT2D eigenvalue weighted by atomic mass is 9.44. The molecule has 114 valence electrons. The Morgan fingerprint density at radius 2 is 2.10 bits per heavy atom. The summed E-state index contributed by atoms with van der Waals surface area (Å²) < 4.78 is 5.57. The monoisotopic (exact) mass is 288 g/mol. The SMILES string of the molecule is COC1=CC(=O)C[C@@]2(C)[C@H]1CC[C@H]1CC3C[C@]12CCC3=O. The number of ketones is 2. The maximum Gasteiger partial charge on any atom is 0.159 e. The van der Waals surface area contributed by atoms with Crippen molar-refractivity contribution in [2.75, 3.05) is 7.11 Å². The summed E-state index contributed by atoms with van der Waals surface area (Å²) in [5.41, 5.74) is 0.185. The molecule has 21 heavy (non-hydrogen) atoms. The second-order valence-electron chi connectivity index (χ2n) is 7.90. The molecule has 0 saturated heterocycles. The van der Waals surface area contributed by atoms with Crippen LogP contribution in [-0.2, 0) is 14.3 Å². The van der Waals surface area contributed by atoms with Crippen LogP contribution in [0.3, 0.4) is 0 Å². The van der Waals surface area contributed by atoms with E-state index >= 15 is 0 Å². The molecule has 0 amide bonds. The predicted octanol–water partition coefficient (Wildman–Crippen LogP) is 3.28. The van der Waals surface area contributed by atoms with Crippen molar-refractivity contribution in [2.24, 2.45) is 28.6 Å². The molecule has 1 spiro atoms. The number of fused-ring (bicyclic) bond motifs is 2.